The van der Waals surface area contributed by atoms with Crippen molar-refractivity contribution in [1.82, 2.24) is 0 Å². The number of ether oxygens (including phenoxy) is 2. The highest BCUT2D eigenvalue weighted by atomic mass is 32.2. The molecule has 8 heteroatoms. The van der Waals surface area contributed by atoms with E-state index in [9.17, 15) is 13.2 Å². The quantitative estimate of drug-likeness (QED) is 0.388. The molecule has 0 radical (unpaired) electrons. The molecule has 3 aromatic rings. The fraction of sp³-hybridized carbons (Fsp3) is 0.136. The number of Topliss-reactive ketones (excluding diaryl/α,β-unsaturated/α-hetero) is 1. The van der Waals surface area contributed by atoms with Crippen molar-refractivity contribution in [3.63, 3.8) is 0 Å². The number of anilines is 1. The van der Waals surface area contributed by atoms with E-state index in [-0.39, 0.29) is 16.4 Å². The smallest absolute Gasteiger partial charge is 0.261 e. The molecule has 0 fully saturated rings. The van der Waals surface area contributed by atoms with Gasteiger partial charge in [-0.15, -0.1) is 11.8 Å². The van der Waals surface area contributed by atoms with E-state index in [4.69, 9.17) is 9.47 Å². The zero-order valence-electron chi connectivity index (χ0n) is 16.5. The van der Waals surface area contributed by atoms with Crippen LogP contribution in [0.25, 0.3) is 0 Å². The van der Waals surface area contributed by atoms with Gasteiger partial charge < -0.3 is 9.47 Å². The second-order valence-corrected chi connectivity index (χ2v) is 8.96. The van der Waals surface area contributed by atoms with Gasteiger partial charge in [-0.25, -0.2) is 8.42 Å². The molecule has 156 valence electrons. The lowest BCUT2D eigenvalue weighted by molar-refractivity contribution is 0.102. The maximum Gasteiger partial charge on any atom is 0.261 e. The number of nitrogens with one attached hydrogen (secondary N) is 1. The summed E-state index contributed by atoms with van der Waals surface area (Å²) < 4.78 is 37.7. The van der Waals surface area contributed by atoms with Gasteiger partial charge in [-0.2, -0.15) is 0 Å². The van der Waals surface area contributed by atoms with Crippen molar-refractivity contribution in [3.05, 3.63) is 78.4 Å². The lowest BCUT2D eigenvalue weighted by Gasteiger charge is -2.10. The largest absolute Gasteiger partial charge is 0.493 e. The van der Waals surface area contributed by atoms with Crippen LogP contribution >= 0.6 is 11.8 Å². The van der Waals surface area contributed by atoms with Gasteiger partial charge in [0.15, 0.2) is 17.3 Å². The van der Waals surface area contributed by atoms with Gasteiger partial charge in [0, 0.05) is 16.1 Å². The third-order valence-electron chi connectivity index (χ3n) is 4.24. The van der Waals surface area contributed by atoms with Crippen LogP contribution in [0.1, 0.15) is 10.4 Å². The number of rotatable bonds is 9. The van der Waals surface area contributed by atoms with Crippen molar-refractivity contribution in [2.45, 2.75) is 9.79 Å². The minimum Gasteiger partial charge on any atom is -0.493 e. The monoisotopic (exact) mass is 443 g/mol. The summed E-state index contributed by atoms with van der Waals surface area (Å²) in [5.74, 6) is 1.26. The van der Waals surface area contributed by atoms with Crippen molar-refractivity contribution in [2.24, 2.45) is 0 Å². The third-order valence-corrected chi connectivity index (χ3v) is 6.64. The van der Waals surface area contributed by atoms with E-state index in [0.717, 1.165) is 4.90 Å². The van der Waals surface area contributed by atoms with Gasteiger partial charge >= 0.3 is 0 Å². The van der Waals surface area contributed by atoms with E-state index in [0.29, 0.717) is 22.7 Å². The lowest BCUT2D eigenvalue weighted by atomic mass is 10.1. The summed E-state index contributed by atoms with van der Waals surface area (Å²) in [4.78, 5) is 13.5. The predicted octanol–water partition coefficient (Wildman–Crippen LogP) is 4.48. The van der Waals surface area contributed by atoms with Crippen molar-refractivity contribution < 1.29 is 22.7 Å². The molecule has 6 nitrogen and oxygen atoms in total. The van der Waals surface area contributed by atoms with Crippen LogP contribution < -0.4 is 14.2 Å². The van der Waals surface area contributed by atoms with Gasteiger partial charge in [0.1, 0.15) is 0 Å². The Bertz CT molecular complexity index is 1110. The highest BCUT2D eigenvalue weighted by Gasteiger charge is 2.14. The molecule has 0 atom stereocenters. The fourth-order valence-electron chi connectivity index (χ4n) is 2.67. The van der Waals surface area contributed by atoms with Crippen LogP contribution in [0.15, 0.2) is 82.6 Å². The number of carbonyl (C=O) groups is 1. The molecule has 0 aliphatic heterocycles. The van der Waals surface area contributed by atoms with Crippen molar-refractivity contribution in [1.29, 1.82) is 0 Å². The minimum atomic E-state index is -3.63. The number of hydrogen-bond acceptors (Lipinski definition) is 6. The van der Waals surface area contributed by atoms with Gasteiger partial charge in [0.05, 0.1) is 24.9 Å². The summed E-state index contributed by atoms with van der Waals surface area (Å²) in [6, 6.07) is 20.1. The fourth-order valence-corrected chi connectivity index (χ4v) is 4.55. The maximum atomic E-state index is 12.5. The van der Waals surface area contributed by atoms with Gasteiger partial charge in [0.25, 0.3) is 10.0 Å². The van der Waals surface area contributed by atoms with Crippen LogP contribution in [0, 0.1) is 0 Å². The van der Waals surface area contributed by atoms with E-state index < -0.39 is 10.0 Å². The van der Waals surface area contributed by atoms with Gasteiger partial charge in [-0.1, -0.05) is 18.2 Å². The molecule has 0 aromatic heterocycles. The Hall–Kier alpha value is -2.97. The number of carbonyl (C=O) groups excluding carboxylic acids is 1. The number of methoxy groups -OCH3 is 2. The molecule has 0 heterocycles. The first-order chi connectivity index (χ1) is 14.4. The zero-order chi connectivity index (χ0) is 21.6. The van der Waals surface area contributed by atoms with E-state index >= 15 is 0 Å². The van der Waals surface area contributed by atoms with E-state index in [1.807, 2.05) is 0 Å². The normalized spacial score (nSPS) is 11.0. The molecule has 0 saturated carbocycles. The Morgan fingerprint density at radius 2 is 1.57 bits per heavy atom. The number of sulfonamides is 1. The SMILES string of the molecule is COc1ccc(C(=O)CSc2ccc(NS(=O)(=O)c3ccccc3)cc2)cc1OC. The molecule has 3 rings (SSSR count). The number of ketones is 1. The number of benzene rings is 3. The lowest BCUT2D eigenvalue weighted by Crippen LogP contribution is -2.12. The van der Waals surface area contributed by atoms with Crippen LogP contribution in [0.3, 0.4) is 0 Å². The molecule has 0 aliphatic carbocycles. The topological polar surface area (TPSA) is 81.7 Å². The molecule has 0 aliphatic rings. The number of hydrogen-bond donors (Lipinski definition) is 1. The molecule has 0 unspecified atom stereocenters. The van der Waals surface area contributed by atoms with E-state index in [2.05, 4.69) is 4.72 Å². The van der Waals surface area contributed by atoms with Crippen LogP contribution in [0.5, 0.6) is 11.5 Å². The molecule has 0 spiro atoms. The average Bonchev–Trinajstić information content (AvgIpc) is 2.78. The van der Waals surface area contributed by atoms with Gasteiger partial charge in [-0.05, 0) is 54.6 Å². The standard InChI is InChI=1S/C22H21NO5S2/c1-27-21-13-8-16(14-22(21)28-2)20(24)15-29-18-11-9-17(10-12-18)23-30(25,26)19-6-4-3-5-7-19/h3-14,23H,15H2,1-2H3. The molecule has 1 N–H and O–H groups in total. The highest BCUT2D eigenvalue weighted by molar-refractivity contribution is 8.00. The first-order valence-electron chi connectivity index (χ1n) is 8.99. The van der Waals surface area contributed by atoms with Gasteiger partial charge in [-0.3, -0.25) is 9.52 Å². The zero-order valence-corrected chi connectivity index (χ0v) is 18.1. The Labute approximate surface area is 180 Å². The Morgan fingerprint density at radius 3 is 2.20 bits per heavy atom. The summed E-state index contributed by atoms with van der Waals surface area (Å²) >= 11 is 1.37. The molecular weight excluding hydrogens is 422 g/mol. The first-order valence-corrected chi connectivity index (χ1v) is 11.5. The van der Waals surface area contributed by atoms with Gasteiger partial charge in [0.2, 0.25) is 0 Å². The van der Waals surface area contributed by atoms with Crippen LogP contribution in [0.4, 0.5) is 5.69 Å². The van der Waals surface area contributed by atoms with Crippen molar-refractivity contribution in [3.8, 4) is 11.5 Å². The predicted molar refractivity (Wildman–Crippen MR) is 118 cm³/mol. The minimum absolute atomic E-state index is 0.0465. The molecule has 3 aromatic carbocycles. The molecule has 0 saturated heterocycles. The number of thioether (sulfide) groups is 1. The third kappa shape index (κ3) is 5.34. The van der Waals surface area contributed by atoms with Crippen LogP contribution in [0.2, 0.25) is 0 Å². The summed E-state index contributed by atoms with van der Waals surface area (Å²) in [5, 5.41) is 0. The summed E-state index contributed by atoms with van der Waals surface area (Å²) in [6.07, 6.45) is 0. The molecule has 0 amide bonds. The van der Waals surface area contributed by atoms with E-state index in [1.54, 1.807) is 67.8 Å². The van der Waals surface area contributed by atoms with Crippen molar-refractivity contribution in [2.75, 3.05) is 24.7 Å². The molecule has 0 bridgehead atoms. The Balaban J connectivity index is 1.61. The van der Waals surface area contributed by atoms with Crippen LogP contribution in [-0.4, -0.2) is 34.2 Å². The van der Waals surface area contributed by atoms with Crippen LogP contribution in [-0.2, 0) is 10.0 Å². The Kier molecular flexibility index (Phi) is 7.02. The second kappa shape index (κ2) is 9.69. The average molecular weight is 444 g/mol. The summed E-state index contributed by atoms with van der Waals surface area (Å²) in [5.41, 5.74) is 0.988. The summed E-state index contributed by atoms with van der Waals surface area (Å²) in [7, 11) is -0.571. The van der Waals surface area contributed by atoms with E-state index in [1.165, 1.54) is 31.0 Å². The highest BCUT2D eigenvalue weighted by Crippen LogP contribution is 2.29. The molecule has 30 heavy (non-hydrogen) atoms. The first kappa shape index (κ1) is 21.7. The second-order valence-electron chi connectivity index (χ2n) is 6.22. The maximum absolute atomic E-state index is 12.5. The van der Waals surface area contributed by atoms with Crippen molar-refractivity contribution >= 4 is 33.3 Å². The Morgan fingerprint density at radius 1 is 0.900 bits per heavy atom. The molecular formula is C22H21NO5S2. The summed E-state index contributed by atoms with van der Waals surface area (Å²) in [6.45, 7) is 0.